The summed E-state index contributed by atoms with van der Waals surface area (Å²) in [5.41, 5.74) is 1.69. The van der Waals surface area contributed by atoms with E-state index in [9.17, 15) is 66.3 Å². The van der Waals surface area contributed by atoms with Gasteiger partial charge in [-0.05, 0) is 18.9 Å². The molecule has 2 atom stereocenters. The van der Waals surface area contributed by atoms with Crippen LogP contribution in [-0.4, -0.2) is 110 Å². The first kappa shape index (κ1) is 66.0. The summed E-state index contributed by atoms with van der Waals surface area (Å²) >= 11 is 5.38. The monoisotopic (exact) mass is 1210 g/mol. The largest absolute Gasteiger partial charge is 0.343 e. The van der Waals surface area contributed by atoms with E-state index in [0.717, 1.165) is 23.4 Å². The maximum atomic E-state index is 12.5. The van der Waals surface area contributed by atoms with Crippen LogP contribution < -0.4 is 10.2 Å². The van der Waals surface area contributed by atoms with E-state index in [1.807, 2.05) is 36.1 Å². The molecular formula is C56H69N3NiO15S4-2. The Morgan fingerprint density at radius 2 is 1.35 bits per heavy atom. The van der Waals surface area contributed by atoms with Crippen LogP contribution in [0.4, 0.5) is 5.69 Å². The smallest absolute Gasteiger partial charge is 0.0506 e. The van der Waals surface area contributed by atoms with Gasteiger partial charge in [-0.15, -0.1) is 0 Å². The molecule has 0 saturated carbocycles. The van der Waals surface area contributed by atoms with Crippen molar-refractivity contribution < 1.29 is 81.3 Å². The quantitative estimate of drug-likeness (QED) is 0.0128. The average Bonchev–Trinajstić information content (AvgIpc) is 3.88. The fraction of sp³-hybridized carbons (Fsp3) is 0.375. The Bertz CT molecular complexity index is 3270. The average molecular weight is 1210 g/mol. The molecule has 0 aromatic heterocycles. The fourth-order valence-electron chi connectivity index (χ4n) is 8.93. The molecule has 5 N–H and O–H groups in total. The number of hydrogen-bond acceptors (Lipinski definition) is 12. The molecule has 23 heteroatoms. The summed E-state index contributed by atoms with van der Waals surface area (Å²) in [5.74, 6) is -2.09. The third kappa shape index (κ3) is 21.5. The number of rotatable bonds is 29. The van der Waals surface area contributed by atoms with Crippen LogP contribution in [-0.2, 0) is 80.7 Å². The van der Waals surface area contributed by atoms with Crippen LogP contribution in [0.2, 0.25) is 0 Å². The first-order valence-corrected chi connectivity index (χ1v) is 32.0. The van der Waals surface area contributed by atoms with E-state index in [-0.39, 0.29) is 60.9 Å². The number of carbonyl (C=O) groups excluding carboxylic acids is 3. The molecule has 0 saturated heterocycles. The molecular weight excluding hydrogens is 1140 g/mol. The number of nitrogens with zero attached hydrogens (tertiary/aromatic N) is 2. The van der Waals surface area contributed by atoms with E-state index >= 15 is 0 Å². The summed E-state index contributed by atoms with van der Waals surface area (Å²) in [5, 5.41) is 2.71. The van der Waals surface area contributed by atoms with Gasteiger partial charge in [0.05, 0.1) is 10.6 Å². The van der Waals surface area contributed by atoms with Gasteiger partial charge in [-0.3, -0.25) is 28.4 Å². The van der Waals surface area contributed by atoms with Crippen LogP contribution in [0.1, 0.15) is 102 Å². The second kappa shape index (κ2) is 30.4. The van der Waals surface area contributed by atoms with Crippen LogP contribution in [0.15, 0.2) is 155 Å². The summed E-state index contributed by atoms with van der Waals surface area (Å²) in [6.07, 6.45) is 34.1. The van der Waals surface area contributed by atoms with E-state index in [1.165, 1.54) is 48.1 Å². The summed E-state index contributed by atoms with van der Waals surface area (Å²) in [6, 6.07) is 11.0. The molecule has 0 spiro atoms. The van der Waals surface area contributed by atoms with Crippen molar-refractivity contribution in [3.63, 3.8) is 0 Å². The van der Waals surface area contributed by atoms with E-state index in [0.29, 0.717) is 60.0 Å². The molecule has 79 heavy (non-hydrogen) atoms. The summed E-state index contributed by atoms with van der Waals surface area (Å²) in [7, 11) is -17.6. The molecule has 0 radical (unpaired) electrons. The predicted molar refractivity (Wildman–Crippen MR) is 302 cm³/mol. The number of hydrogen-bond donors (Lipinski definition) is 5. The Labute approximate surface area is 473 Å². The minimum absolute atomic E-state index is 0.0485. The van der Waals surface area contributed by atoms with Crippen molar-refractivity contribution in [1.82, 2.24) is 10.2 Å². The van der Waals surface area contributed by atoms with Gasteiger partial charge in [0.15, 0.2) is 0 Å². The standard InChI is InChI=1S/C45H56N3O15S4.C11H13.Ni/c1-44(26-11-14-31-64(52,53)54,35-17-16-18-36(33-35)66(58,59)60)25-10-6-4-3-5-8-19-40-45(2,27-12-15-32-65(55,56)57)38-34-37(67(61,62)63)21-22-39(38)47(40)29-13-7-9-20-41(49)46-28-30-48-42(50)23-24-43(48)51;1-2-8-11-9-6-4-3-5-7-10-11;/h3-6,8,10,16,18-19,21-24,33-34H,7,9,11-15,20,26-32H2,1-2H3,(H,46,49)(H,52,53,54)(H,55,56,57)(H,58,59,60)(H,61,62,63);3-7,9-10H,1-2,8H2;/q2*-1;/b4-3+,8-5+,10-6+,40-19+;4-3-,5-3?,6-4?,7-5-,9-6-,10-7?,11-9?,11-10-;. The Morgan fingerprint density at radius 1 is 0.734 bits per heavy atom. The number of benzene rings is 2. The van der Waals surface area contributed by atoms with Crippen LogP contribution in [0.5, 0.6) is 0 Å². The van der Waals surface area contributed by atoms with Gasteiger partial charge in [0.1, 0.15) is 0 Å². The van der Waals surface area contributed by atoms with Crippen molar-refractivity contribution in [3.05, 3.63) is 169 Å². The molecule has 2 aromatic carbocycles. The van der Waals surface area contributed by atoms with Gasteiger partial charge in [0.2, 0.25) is 5.91 Å². The SMILES string of the molecule is CC(CCCCS(=O)(=O)O)([C](=[Ni])/C=C/C=C/C=C/C=C1/N(CCCCCC(=O)NCCN2C(=O)C=CC2=O)c2ccc(S(=O)(=O)O)cc2C1(C)CCCCS(=O)(=O)O)c1[c-]ccc(S(=O)(=O)O)c1.[CH2-]CCC1=C/C=C\C=C/C=C\1. The molecule has 2 aromatic rings. The third-order valence-electron chi connectivity index (χ3n) is 13.1. The number of nitrogens with one attached hydrogen (secondary N) is 1. The van der Waals surface area contributed by atoms with Gasteiger partial charge in [-0.2, -0.15) is 23.3 Å². The fourth-order valence-corrected chi connectivity index (χ4v) is 11.4. The normalized spacial score (nSPS) is 20.0. The van der Waals surface area contributed by atoms with Crippen LogP contribution in [0.3, 0.4) is 0 Å². The van der Waals surface area contributed by atoms with Gasteiger partial charge >= 0.3 is 252 Å². The van der Waals surface area contributed by atoms with Gasteiger partial charge in [0, 0.05) is 31.7 Å². The zero-order valence-corrected chi connectivity index (χ0v) is 48.3. The Balaban J connectivity index is 0.00000109. The van der Waals surface area contributed by atoms with Crippen molar-refractivity contribution in [2.24, 2.45) is 0 Å². The van der Waals surface area contributed by atoms with Crippen LogP contribution >= 0.6 is 0 Å². The first-order valence-electron chi connectivity index (χ1n) is 25.4. The molecule has 0 bridgehead atoms. The van der Waals surface area contributed by atoms with Crippen molar-refractivity contribution >= 4 is 68.4 Å². The molecule has 0 fully saturated rings. The number of anilines is 1. The summed E-state index contributed by atoms with van der Waals surface area (Å²) in [6.45, 7) is 8.01. The van der Waals surface area contributed by atoms with Gasteiger partial charge in [-0.1, -0.05) is 60.9 Å². The van der Waals surface area contributed by atoms with E-state index in [4.69, 9.17) is 15.0 Å². The number of carbonyl (C=O) groups is 3. The van der Waals surface area contributed by atoms with Crippen molar-refractivity contribution in [3.8, 4) is 0 Å². The number of amides is 3. The van der Waals surface area contributed by atoms with Crippen molar-refractivity contribution in [2.75, 3.05) is 36.0 Å². The zero-order chi connectivity index (χ0) is 58.5. The number of fused-ring (bicyclic) bond motifs is 1. The Hall–Kier alpha value is -5.49. The van der Waals surface area contributed by atoms with Crippen LogP contribution in [0.25, 0.3) is 0 Å². The number of allylic oxidation sites excluding steroid dienone is 16. The second-order valence-electron chi connectivity index (χ2n) is 19.2. The molecule has 434 valence electrons. The maximum absolute atomic E-state index is 12.5. The molecule has 2 heterocycles. The van der Waals surface area contributed by atoms with Crippen molar-refractivity contribution in [2.45, 2.75) is 112 Å². The van der Waals surface area contributed by atoms with E-state index in [2.05, 4.69) is 42.6 Å². The predicted octanol–water partition coefficient (Wildman–Crippen LogP) is 8.21. The Morgan fingerprint density at radius 3 is 2.01 bits per heavy atom. The molecule has 2 unspecified atom stereocenters. The third-order valence-corrected chi connectivity index (χ3v) is 17.1. The molecule has 18 nitrogen and oxygen atoms in total. The Kier molecular flexibility index (Phi) is 25.4. The van der Waals surface area contributed by atoms with Gasteiger partial charge in [0.25, 0.3) is 32.1 Å². The summed E-state index contributed by atoms with van der Waals surface area (Å²) < 4.78 is 133. The molecule has 3 amide bonds. The van der Waals surface area contributed by atoms with E-state index < -0.39 is 74.6 Å². The molecule has 3 aliphatic rings. The second-order valence-corrected chi connectivity index (χ2v) is 25.7. The first-order chi connectivity index (χ1) is 37.1. The number of unbranched alkanes of at least 4 members (excludes halogenated alkanes) is 4. The molecule has 5 rings (SSSR count). The zero-order valence-electron chi connectivity index (χ0n) is 44.1. The topological polar surface area (TPSA) is 287 Å². The van der Waals surface area contributed by atoms with Crippen molar-refractivity contribution in [1.29, 1.82) is 0 Å². The van der Waals surface area contributed by atoms with Crippen LogP contribution in [0, 0.1) is 13.0 Å². The minimum atomic E-state index is -4.62. The van der Waals surface area contributed by atoms with Gasteiger partial charge in [-0.25, -0.2) is 0 Å². The molecule has 2 aliphatic heterocycles. The van der Waals surface area contributed by atoms with E-state index in [1.54, 1.807) is 49.4 Å². The summed E-state index contributed by atoms with van der Waals surface area (Å²) in [4.78, 5) is 38.4. The minimum Gasteiger partial charge on any atom is -0.343 e. The molecule has 1 aliphatic carbocycles. The number of imide groups is 1. The van der Waals surface area contributed by atoms with Gasteiger partial charge < -0.3 is 12.2 Å². The maximum Gasteiger partial charge on any atom is -0.0506 e.